The summed E-state index contributed by atoms with van der Waals surface area (Å²) < 4.78 is 10.9. The van der Waals surface area contributed by atoms with Gasteiger partial charge in [0, 0.05) is 28.8 Å². The van der Waals surface area contributed by atoms with Gasteiger partial charge in [0.25, 0.3) is 5.69 Å². The van der Waals surface area contributed by atoms with Gasteiger partial charge in [-0.2, -0.15) is 0 Å². The molecule has 3 aromatic rings. The number of carbonyl (C=O) groups excluding carboxylic acids is 2. The zero-order valence-corrected chi connectivity index (χ0v) is 20.9. The molecular weight excluding hydrogens is 486 g/mol. The quantitative estimate of drug-likeness (QED) is 0.257. The van der Waals surface area contributed by atoms with Crippen molar-refractivity contribution in [2.75, 3.05) is 17.4 Å². The maximum atomic E-state index is 13.6. The number of allylic oxidation sites excluding steroid dienone is 1. The first-order chi connectivity index (χ1) is 18.2. The summed E-state index contributed by atoms with van der Waals surface area (Å²) in [6, 6.07) is 16.3. The molecule has 1 atom stereocenters. The van der Waals surface area contributed by atoms with Gasteiger partial charge in [-0.25, -0.2) is 0 Å². The van der Waals surface area contributed by atoms with Crippen molar-refractivity contribution in [3.8, 4) is 11.5 Å². The summed E-state index contributed by atoms with van der Waals surface area (Å²) in [6.45, 7) is 4.00. The summed E-state index contributed by atoms with van der Waals surface area (Å²) in [5.74, 6) is 0.458. The first-order valence-electron chi connectivity index (χ1n) is 12.3. The van der Waals surface area contributed by atoms with Crippen LogP contribution >= 0.6 is 0 Å². The van der Waals surface area contributed by atoms with E-state index in [0.29, 0.717) is 63.7 Å². The summed E-state index contributed by atoms with van der Waals surface area (Å²) in [6.07, 6.45) is 0.860. The molecule has 9 nitrogen and oxygen atoms in total. The van der Waals surface area contributed by atoms with Gasteiger partial charge in [-0.1, -0.05) is 44.2 Å². The third-order valence-corrected chi connectivity index (χ3v) is 7.14. The molecule has 9 heteroatoms. The number of hydrogen-bond acceptors (Lipinski definition) is 8. The number of nitro groups is 1. The van der Waals surface area contributed by atoms with Crippen LogP contribution in [0.25, 0.3) is 0 Å². The molecule has 0 spiro atoms. The standard InChI is InChI=1S/C29H25N3O6/c1-29(2)13-21-26(23(33)14-29)27(18-11-24-25(38-15-37-24)12-22(18)32(35)36)31-19-9-8-17(10-20(19)30-21)28(34)16-6-4-3-5-7-16/h3-12,27,30-31H,13-15H2,1-2H3/t27-/m0/s1. The van der Waals surface area contributed by atoms with E-state index in [0.717, 1.165) is 0 Å². The van der Waals surface area contributed by atoms with E-state index in [4.69, 9.17) is 9.47 Å². The highest BCUT2D eigenvalue weighted by Crippen LogP contribution is 2.49. The fourth-order valence-electron chi connectivity index (χ4n) is 5.41. The minimum absolute atomic E-state index is 0.0300. The second-order valence-corrected chi connectivity index (χ2v) is 10.5. The summed E-state index contributed by atoms with van der Waals surface area (Å²) in [5.41, 5.74) is 3.24. The maximum Gasteiger partial charge on any atom is 0.279 e. The number of fused-ring (bicyclic) bond motifs is 2. The highest BCUT2D eigenvalue weighted by molar-refractivity contribution is 6.10. The second kappa shape index (κ2) is 8.72. The zero-order chi connectivity index (χ0) is 26.6. The number of benzene rings is 3. The third kappa shape index (κ3) is 4.06. The molecule has 0 unspecified atom stereocenters. The van der Waals surface area contributed by atoms with Gasteiger partial charge in [0.05, 0.1) is 34.0 Å². The Hall–Kier alpha value is -4.66. The number of nitro benzene ring substituents is 1. The fourth-order valence-corrected chi connectivity index (χ4v) is 5.41. The molecule has 0 radical (unpaired) electrons. The van der Waals surface area contributed by atoms with Gasteiger partial charge in [0.15, 0.2) is 23.1 Å². The van der Waals surface area contributed by atoms with Crippen molar-refractivity contribution in [2.24, 2.45) is 5.41 Å². The average Bonchev–Trinajstić information content (AvgIpc) is 3.28. The molecule has 192 valence electrons. The predicted octanol–water partition coefficient (Wildman–Crippen LogP) is 5.78. The van der Waals surface area contributed by atoms with Gasteiger partial charge in [-0.3, -0.25) is 19.7 Å². The van der Waals surface area contributed by atoms with Gasteiger partial charge < -0.3 is 20.1 Å². The Balaban J connectivity index is 1.50. The minimum Gasteiger partial charge on any atom is -0.454 e. The van der Waals surface area contributed by atoms with E-state index in [9.17, 15) is 19.7 Å². The van der Waals surface area contributed by atoms with Gasteiger partial charge >= 0.3 is 0 Å². The van der Waals surface area contributed by atoms with Gasteiger partial charge in [-0.05, 0) is 36.1 Å². The van der Waals surface area contributed by atoms with Crippen LogP contribution in [0.5, 0.6) is 11.5 Å². The lowest BCUT2D eigenvalue weighted by molar-refractivity contribution is -0.385. The molecule has 6 rings (SSSR count). The largest absolute Gasteiger partial charge is 0.454 e. The monoisotopic (exact) mass is 511 g/mol. The number of hydrogen-bond donors (Lipinski definition) is 2. The molecular formula is C29H25N3O6. The van der Waals surface area contributed by atoms with Crippen molar-refractivity contribution in [1.29, 1.82) is 0 Å². The van der Waals surface area contributed by atoms with Crippen LogP contribution in [0.1, 0.15) is 54.2 Å². The number of nitrogens with one attached hydrogen (secondary N) is 2. The fraction of sp³-hybridized carbons (Fsp3) is 0.241. The van der Waals surface area contributed by atoms with Crippen LogP contribution in [-0.2, 0) is 4.79 Å². The molecule has 0 saturated heterocycles. The Labute approximate surface area is 218 Å². The Morgan fingerprint density at radius 3 is 2.45 bits per heavy atom. The molecule has 3 aromatic carbocycles. The minimum atomic E-state index is -0.812. The van der Waals surface area contributed by atoms with E-state index in [1.54, 1.807) is 36.4 Å². The lowest BCUT2D eigenvalue weighted by Gasteiger charge is -2.34. The molecule has 38 heavy (non-hydrogen) atoms. The van der Waals surface area contributed by atoms with Crippen molar-refractivity contribution in [3.05, 3.63) is 98.7 Å². The number of ketones is 2. The summed E-state index contributed by atoms with van der Waals surface area (Å²) >= 11 is 0. The van der Waals surface area contributed by atoms with Crippen molar-refractivity contribution < 1.29 is 24.0 Å². The van der Waals surface area contributed by atoms with E-state index in [1.807, 2.05) is 32.0 Å². The normalized spacial score (nSPS) is 19.0. The first-order valence-corrected chi connectivity index (χ1v) is 12.3. The number of anilines is 2. The van der Waals surface area contributed by atoms with Gasteiger partial charge in [-0.15, -0.1) is 0 Å². The maximum absolute atomic E-state index is 13.6. The molecule has 2 N–H and O–H groups in total. The number of ether oxygens (including phenoxy) is 2. The van der Waals surface area contributed by atoms with Crippen molar-refractivity contribution in [2.45, 2.75) is 32.7 Å². The highest BCUT2D eigenvalue weighted by atomic mass is 16.7. The van der Waals surface area contributed by atoms with Gasteiger partial charge in [0.2, 0.25) is 6.79 Å². The van der Waals surface area contributed by atoms with Crippen molar-refractivity contribution in [1.82, 2.24) is 0 Å². The Morgan fingerprint density at radius 1 is 0.974 bits per heavy atom. The molecule has 2 aliphatic heterocycles. The van der Waals surface area contributed by atoms with E-state index < -0.39 is 11.0 Å². The predicted molar refractivity (Wildman–Crippen MR) is 141 cm³/mol. The number of rotatable bonds is 4. The molecule has 2 heterocycles. The van der Waals surface area contributed by atoms with Gasteiger partial charge in [0.1, 0.15) is 0 Å². The van der Waals surface area contributed by atoms with E-state index in [-0.39, 0.29) is 29.5 Å². The van der Waals surface area contributed by atoms with Crippen LogP contribution in [0.3, 0.4) is 0 Å². The average molecular weight is 512 g/mol. The Bertz CT molecular complexity index is 1540. The third-order valence-electron chi connectivity index (χ3n) is 7.14. The zero-order valence-electron chi connectivity index (χ0n) is 20.9. The lowest BCUT2D eigenvalue weighted by Crippen LogP contribution is -2.31. The lowest BCUT2D eigenvalue weighted by atomic mass is 9.73. The molecule has 3 aliphatic rings. The van der Waals surface area contributed by atoms with Crippen LogP contribution in [-0.4, -0.2) is 23.3 Å². The summed E-state index contributed by atoms with van der Waals surface area (Å²) in [5, 5.41) is 18.9. The summed E-state index contributed by atoms with van der Waals surface area (Å²) in [7, 11) is 0. The highest BCUT2D eigenvalue weighted by Gasteiger charge is 2.41. The Morgan fingerprint density at radius 2 is 1.71 bits per heavy atom. The van der Waals surface area contributed by atoms with Crippen LogP contribution in [0.2, 0.25) is 0 Å². The number of carbonyl (C=O) groups is 2. The smallest absolute Gasteiger partial charge is 0.279 e. The van der Waals surface area contributed by atoms with E-state index in [2.05, 4.69) is 10.6 Å². The van der Waals surface area contributed by atoms with Crippen LogP contribution in [0, 0.1) is 15.5 Å². The topological polar surface area (TPSA) is 120 Å². The number of nitrogens with zero attached hydrogens (tertiary/aromatic N) is 1. The van der Waals surface area contributed by atoms with E-state index in [1.165, 1.54) is 6.07 Å². The molecule has 0 fully saturated rings. The van der Waals surface area contributed by atoms with Crippen LogP contribution < -0.4 is 20.1 Å². The van der Waals surface area contributed by atoms with Crippen molar-refractivity contribution in [3.63, 3.8) is 0 Å². The molecule has 0 saturated carbocycles. The Kier molecular flexibility index (Phi) is 5.45. The molecule has 0 bridgehead atoms. The first kappa shape index (κ1) is 23.7. The van der Waals surface area contributed by atoms with Crippen molar-refractivity contribution >= 4 is 28.6 Å². The molecule has 0 amide bonds. The van der Waals surface area contributed by atoms with Crippen LogP contribution in [0.15, 0.2) is 71.9 Å². The van der Waals surface area contributed by atoms with Crippen LogP contribution in [0.4, 0.5) is 17.1 Å². The van der Waals surface area contributed by atoms with E-state index >= 15 is 0 Å². The SMILES string of the molecule is CC1(C)CC(=O)C2=C(C1)Nc1cc(C(=O)c3ccccc3)ccc1N[C@H]2c1cc2c(cc1[N+](=O)[O-])OCO2. The molecule has 1 aliphatic carbocycles. The molecule has 0 aromatic heterocycles. The summed E-state index contributed by atoms with van der Waals surface area (Å²) in [4.78, 5) is 38.4. The second-order valence-electron chi connectivity index (χ2n) is 10.5. The number of Topliss-reactive ketones (excluding diaryl/α,β-unsaturated/α-hetero) is 1.